The van der Waals surface area contributed by atoms with Crippen molar-refractivity contribution in [2.45, 2.75) is 59.2 Å². The summed E-state index contributed by atoms with van der Waals surface area (Å²) in [6, 6.07) is 3.76. The Hall–Kier alpha value is -1.82. The van der Waals surface area contributed by atoms with Crippen LogP contribution in [0.1, 0.15) is 53.1 Å². The second-order valence-electron chi connectivity index (χ2n) is 8.32. The molecule has 7 heteroatoms. The van der Waals surface area contributed by atoms with Crippen molar-refractivity contribution in [3.8, 4) is 0 Å². The molecule has 1 aromatic rings. The van der Waals surface area contributed by atoms with Gasteiger partial charge in [-0.25, -0.2) is 9.18 Å². The van der Waals surface area contributed by atoms with Gasteiger partial charge in [-0.1, -0.05) is 31.5 Å². The monoisotopic (exact) mass is 398 g/mol. The number of hydrogen-bond acceptors (Lipinski definition) is 3. The van der Waals surface area contributed by atoms with Crippen molar-refractivity contribution in [1.82, 2.24) is 9.80 Å². The summed E-state index contributed by atoms with van der Waals surface area (Å²) in [5.74, 6) is -0.661. The normalized spacial score (nSPS) is 20.8. The average molecular weight is 399 g/mol. The van der Waals surface area contributed by atoms with Crippen LogP contribution in [0.25, 0.3) is 0 Å². The van der Waals surface area contributed by atoms with Gasteiger partial charge in [-0.3, -0.25) is 9.69 Å². The van der Waals surface area contributed by atoms with Crippen molar-refractivity contribution in [3.63, 3.8) is 0 Å². The van der Waals surface area contributed by atoms with Crippen LogP contribution in [0.5, 0.6) is 0 Å². The topological polar surface area (TPSA) is 49.9 Å². The van der Waals surface area contributed by atoms with Gasteiger partial charge in [-0.05, 0) is 45.4 Å². The highest BCUT2D eigenvalue weighted by Crippen LogP contribution is 2.32. The number of amides is 2. The summed E-state index contributed by atoms with van der Waals surface area (Å²) in [5, 5.41) is -0.0167. The van der Waals surface area contributed by atoms with Gasteiger partial charge in [-0.2, -0.15) is 0 Å². The Balaban J connectivity index is 2.40. The Morgan fingerprint density at radius 3 is 2.37 bits per heavy atom. The Morgan fingerprint density at radius 2 is 1.85 bits per heavy atom. The van der Waals surface area contributed by atoms with Crippen LogP contribution in [0.4, 0.5) is 9.18 Å². The van der Waals surface area contributed by atoms with Crippen LogP contribution in [0, 0.1) is 11.7 Å². The van der Waals surface area contributed by atoms with Crippen LogP contribution >= 0.6 is 11.6 Å². The van der Waals surface area contributed by atoms with Gasteiger partial charge in [0.05, 0.1) is 11.1 Å². The molecule has 1 aliphatic heterocycles. The maximum atomic E-state index is 13.6. The fourth-order valence-electron chi connectivity index (χ4n) is 3.14. The number of carbonyl (C=O) groups excluding carboxylic acids is 2. The lowest BCUT2D eigenvalue weighted by Crippen LogP contribution is -2.58. The fourth-order valence-corrected chi connectivity index (χ4v) is 3.33. The van der Waals surface area contributed by atoms with E-state index in [9.17, 15) is 14.0 Å². The van der Waals surface area contributed by atoms with E-state index in [1.54, 1.807) is 36.6 Å². The number of ether oxygens (including phenoxy) is 1. The van der Waals surface area contributed by atoms with Crippen molar-refractivity contribution < 1.29 is 18.7 Å². The quantitative estimate of drug-likeness (QED) is 0.728. The van der Waals surface area contributed by atoms with Crippen LogP contribution in [0.2, 0.25) is 5.02 Å². The first-order valence-electron chi connectivity index (χ1n) is 9.15. The number of rotatable bonds is 2. The van der Waals surface area contributed by atoms with Gasteiger partial charge in [0.15, 0.2) is 0 Å². The molecule has 27 heavy (non-hydrogen) atoms. The van der Waals surface area contributed by atoms with E-state index < -0.39 is 23.6 Å². The van der Waals surface area contributed by atoms with Crippen LogP contribution in [0.15, 0.2) is 18.2 Å². The predicted octanol–water partition coefficient (Wildman–Crippen LogP) is 4.64. The first kappa shape index (κ1) is 21.5. The molecule has 0 aliphatic carbocycles. The molecule has 1 heterocycles. The zero-order valence-electron chi connectivity index (χ0n) is 16.8. The number of benzene rings is 1. The van der Waals surface area contributed by atoms with E-state index in [1.807, 2.05) is 20.8 Å². The summed E-state index contributed by atoms with van der Waals surface area (Å²) in [6.07, 6.45) is -0.462. The number of halogens is 2. The van der Waals surface area contributed by atoms with E-state index >= 15 is 0 Å². The lowest BCUT2D eigenvalue weighted by atomic mass is 9.98. The molecular formula is C20H28ClFN2O3. The summed E-state index contributed by atoms with van der Waals surface area (Å²) < 4.78 is 19.2. The summed E-state index contributed by atoms with van der Waals surface area (Å²) in [6.45, 7) is 11.6. The van der Waals surface area contributed by atoms with E-state index in [1.165, 1.54) is 12.1 Å². The van der Waals surface area contributed by atoms with E-state index in [2.05, 4.69) is 0 Å². The Kier molecular flexibility index (Phi) is 6.40. The number of carbonyl (C=O) groups is 2. The third-order valence-corrected chi connectivity index (χ3v) is 4.76. The van der Waals surface area contributed by atoms with Crippen molar-refractivity contribution in [1.29, 1.82) is 0 Å². The fraction of sp³-hybridized carbons (Fsp3) is 0.600. The lowest BCUT2D eigenvalue weighted by molar-refractivity contribution is -0.140. The third-order valence-electron chi connectivity index (χ3n) is 4.47. The average Bonchev–Trinajstić information content (AvgIpc) is 2.55. The molecule has 1 saturated heterocycles. The lowest BCUT2D eigenvalue weighted by Gasteiger charge is -2.46. The highest BCUT2D eigenvalue weighted by Gasteiger charge is 2.39. The van der Waals surface area contributed by atoms with Gasteiger partial charge in [0.2, 0.25) is 5.91 Å². The van der Waals surface area contributed by atoms with Crippen molar-refractivity contribution in [3.05, 3.63) is 34.6 Å². The predicted molar refractivity (Wildman–Crippen MR) is 103 cm³/mol. The van der Waals surface area contributed by atoms with Crippen LogP contribution in [0.3, 0.4) is 0 Å². The summed E-state index contributed by atoms with van der Waals surface area (Å²) in [5.41, 5.74) is 0.0247. The second-order valence-corrected chi connectivity index (χ2v) is 8.72. The largest absolute Gasteiger partial charge is 0.444 e. The Morgan fingerprint density at radius 1 is 1.22 bits per heavy atom. The Labute approximate surface area is 165 Å². The molecular weight excluding hydrogens is 371 g/mol. The summed E-state index contributed by atoms with van der Waals surface area (Å²) >= 11 is 5.95. The Bertz CT molecular complexity index is 718. The molecule has 0 radical (unpaired) electrons. The van der Waals surface area contributed by atoms with Gasteiger partial charge < -0.3 is 9.64 Å². The van der Waals surface area contributed by atoms with Crippen molar-refractivity contribution in [2.24, 2.45) is 5.92 Å². The van der Waals surface area contributed by atoms with Gasteiger partial charge in [-0.15, -0.1) is 0 Å². The number of piperazine rings is 1. The minimum atomic E-state index is -0.643. The first-order chi connectivity index (χ1) is 12.4. The van der Waals surface area contributed by atoms with Crippen molar-refractivity contribution >= 4 is 23.6 Å². The van der Waals surface area contributed by atoms with Crippen LogP contribution in [-0.2, 0) is 9.53 Å². The standard InChI is InChI=1S/C20H28ClFN2O3/c1-12(2)18(25)23-11-17(14-7-8-16(22)15(21)9-14)24(10-13(23)3)19(26)27-20(4,5)6/h7-9,12-13,17H,10-11H2,1-6H3/t13-,17?/m1/s1. The molecule has 5 nitrogen and oxygen atoms in total. The molecule has 0 aromatic heterocycles. The molecule has 0 N–H and O–H groups in total. The highest BCUT2D eigenvalue weighted by atomic mass is 35.5. The smallest absolute Gasteiger partial charge is 0.410 e. The van der Waals surface area contributed by atoms with E-state index in [0.29, 0.717) is 18.7 Å². The summed E-state index contributed by atoms with van der Waals surface area (Å²) in [4.78, 5) is 28.8. The zero-order chi connectivity index (χ0) is 20.5. The minimum absolute atomic E-state index is 0.0167. The van der Waals surface area contributed by atoms with Crippen LogP contribution in [-0.4, -0.2) is 46.5 Å². The van der Waals surface area contributed by atoms with Gasteiger partial charge in [0.1, 0.15) is 11.4 Å². The van der Waals surface area contributed by atoms with Crippen molar-refractivity contribution in [2.75, 3.05) is 13.1 Å². The molecule has 0 saturated carbocycles. The zero-order valence-corrected chi connectivity index (χ0v) is 17.5. The SMILES string of the molecule is CC(C)C(=O)N1CC(c2ccc(F)c(Cl)c2)N(C(=O)OC(C)(C)C)C[C@H]1C. The molecule has 2 amide bonds. The summed E-state index contributed by atoms with van der Waals surface area (Å²) in [7, 11) is 0. The maximum absolute atomic E-state index is 13.6. The molecule has 1 unspecified atom stereocenters. The molecule has 1 fully saturated rings. The molecule has 150 valence electrons. The second kappa shape index (κ2) is 8.05. The maximum Gasteiger partial charge on any atom is 0.410 e. The number of nitrogens with zero attached hydrogens (tertiary/aromatic N) is 2. The minimum Gasteiger partial charge on any atom is -0.444 e. The van der Waals surface area contributed by atoms with Gasteiger partial charge >= 0.3 is 6.09 Å². The molecule has 2 rings (SSSR count). The van der Waals surface area contributed by atoms with E-state index in [0.717, 1.165) is 0 Å². The van der Waals surface area contributed by atoms with Gasteiger partial charge in [0.25, 0.3) is 0 Å². The first-order valence-corrected chi connectivity index (χ1v) is 9.53. The molecule has 1 aliphatic rings. The van der Waals surface area contributed by atoms with Gasteiger partial charge in [0, 0.05) is 25.0 Å². The molecule has 2 atom stereocenters. The van der Waals surface area contributed by atoms with E-state index in [4.69, 9.17) is 16.3 Å². The molecule has 1 aromatic carbocycles. The molecule has 0 spiro atoms. The van der Waals surface area contributed by atoms with E-state index in [-0.39, 0.29) is 22.9 Å². The van der Waals surface area contributed by atoms with Crippen LogP contribution < -0.4 is 0 Å². The highest BCUT2D eigenvalue weighted by molar-refractivity contribution is 6.30. The third kappa shape index (κ3) is 5.12. The molecule has 0 bridgehead atoms. The number of hydrogen-bond donors (Lipinski definition) is 0.